The highest BCUT2D eigenvalue weighted by Gasteiger charge is 2.25. The molecular weight excluding hydrogens is 168 g/mol. The number of aromatic nitrogens is 2. The smallest absolute Gasteiger partial charge is 0.215 e. The molecule has 0 spiro atoms. The van der Waals surface area contributed by atoms with Crippen LogP contribution in [-0.4, -0.2) is 23.0 Å². The van der Waals surface area contributed by atoms with Gasteiger partial charge >= 0.3 is 0 Å². The molecular formula is C9H10N2O2. The zero-order valence-electron chi connectivity index (χ0n) is 7.19. The minimum Gasteiger partial charge on any atom is -0.381 e. The Morgan fingerprint density at radius 3 is 2.85 bits per heavy atom. The second kappa shape index (κ2) is 2.42. The molecule has 0 N–H and O–H groups in total. The summed E-state index contributed by atoms with van der Waals surface area (Å²) in [6.07, 6.45) is 3.62. The summed E-state index contributed by atoms with van der Waals surface area (Å²) >= 11 is 0. The Bertz CT molecular complexity index is 444. The molecule has 0 radical (unpaired) electrons. The zero-order valence-corrected chi connectivity index (χ0v) is 7.19. The third kappa shape index (κ3) is 0.951. The van der Waals surface area contributed by atoms with Crippen LogP contribution in [0.4, 0.5) is 0 Å². The van der Waals surface area contributed by atoms with Gasteiger partial charge in [-0.25, -0.2) is 0 Å². The van der Waals surface area contributed by atoms with E-state index in [0.29, 0.717) is 6.04 Å². The van der Waals surface area contributed by atoms with Crippen LogP contribution in [0.5, 0.6) is 0 Å². The maximum absolute atomic E-state index is 11.1. The minimum atomic E-state index is 0.182. The molecule has 0 amide bonds. The minimum absolute atomic E-state index is 0.182. The van der Waals surface area contributed by atoms with Gasteiger partial charge in [0.1, 0.15) is 5.52 Å². The summed E-state index contributed by atoms with van der Waals surface area (Å²) in [6.45, 7) is 1.57. The molecule has 1 saturated heterocycles. The molecule has 0 saturated carbocycles. The molecule has 0 unspecified atom stereocenters. The van der Waals surface area contributed by atoms with Crippen LogP contribution in [0.2, 0.25) is 0 Å². The summed E-state index contributed by atoms with van der Waals surface area (Å²) in [5.41, 5.74) is 1.01. The molecule has 0 aliphatic carbocycles. The van der Waals surface area contributed by atoms with Gasteiger partial charge in [-0.1, -0.05) is 0 Å². The lowest BCUT2D eigenvalue weighted by atomic mass is 10.1. The number of rotatable bonds is 1. The summed E-state index contributed by atoms with van der Waals surface area (Å²) in [5.74, 6) is 0. The van der Waals surface area contributed by atoms with Crippen LogP contribution in [0.3, 0.4) is 0 Å². The first-order chi connectivity index (χ1) is 6.38. The van der Waals surface area contributed by atoms with Gasteiger partial charge in [-0.05, 0) is 12.8 Å². The molecule has 0 atom stereocenters. The van der Waals surface area contributed by atoms with E-state index >= 15 is 0 Å². The van der Waals surface area contributed by atoms with Gasteiger partial charge in [0.2, 0.25) is 5.43 Å². The number of nitrogens with zero attached hydrogens (tertiary/aromatic N) is 2. The Hall–Kier alpha value is -1.16. The lowest BCUT2D eigenvalue weighted by Crippen LogP contribution is -2.20. The van der Waals surface area contributed by atoms with Crippen LogP contribution in [0.1, 0.15) is 18.9 Å². The standard InChI is InChI=1S/C9H10N2O2/c12-9-7-5-10-11(8(7)9)6-1-3-13-4-2-6/h5-6H,1-4H2. The van der Waals surface area contributed by atoms with Gasteiger partial charge in [-0.2, -0.15) is 5.10 Å². The van der Waals surface area contributed by atoms with Crippen molar-refractivity contribution < 1.29 is 4.74 Å². The summed E-state index contributed by atoms with van der Waals surface area (Å²) in [4.78, 5) is 11.1. The first-order valence-corrected chi connectivity index (χ1v) is 4.58. The highest BCUT2D eigenvalue weighted by molar-refractivity contribution is 5.93. The monoisotopic (exact) mass is 178 g/mol. The largest absolute Gasteiger partial charge is 0.381 e. The fourth-order valence-corrected chi connectivity index (χ4v) is 1.91. The Labute approximate surface area is 74.8 Å². The van der Waals surface area contributed by atoms with Gasteiger partial charge in [0.05, 0.1) is 17.6 Å². The third-order valence-corrected chi connectivity index (χ3v) is 2.73. The van der Waals surface area contributed by atoms with Crippen molar-refractivity contribution in [3.63, 3.8) is 0 Å². The second-order valence-corrected chi connectivity index (χ2v) is 3.52. The van der Waals surface area contributed by atoms with Crippen molar-refractivity contribution in [2.75, 3.05) is 13.2 Å². The molecule has 68 valence electrons. The van der Waals surface area contributed by atoms with E-state index in [4.69, 9.17) is 4.74 Å². The Kier molecular flexibility index (Phi) is 1.35. The van der Waals surface area contributed by atoms with Crippen molar-refractivity contribution in [2.45, 2.75) is 18.9 Å². The van der Waals surface area contributed by atoms with E-state index in [1.54, 1.807) is 6.20 Å². The Balaban J connectivity index is 1.95. The highest BCUT2D eigenvalue weighted by atomic mass is 16.5. The quantitative estimate of drug-likeness (QED) is 0.643. The van der Waals surface area contributed by atoms with Crippen LogP contribution >= 0.6 is 0 Å². The molecule has 4 nitrogen and oxygen atoms in total. The lowest BCUT2D eigenvalue weighted by molar-refractivity contribution is 0.0675. The van der Waals surface area contributed by atoms with E-state index in [0.717, 1.165) is 37.0 Å². The van der Waals surface area contributed by atoms with E-state index in [-0.39, 0.29) is 5.43 Å². The van der Waals surface area contributed by atoms with Crippen molar-refractivity contribution >= 4 is 10.9 Å². The average molecular weight is 178 g/mol. The maximum Gasteiger partial charge on any atom is 0.215 e. The van der Waals surface area contributed by atoms with Crippen molar-refractivity contribution in [1.29, 1.82) is 0 Å². The van der Waals surface area contributed by atoms with E-state index in [1.165, 1.54) is 0 Å². The molecule has 1 fully saturated rings. The van der Waals surface area contributed by atoms with Crippen molar-refractivity contribution in [1.82, 2.24) is 9.78 Å². The van der Waals surface area contributed by atoms with Gasteiger partial charge in [0.15, 0.2) is 0 Å². The fourth-order valence-electron chi connectivity index (χ4n) is 1.91. The molecule has 1 aromatic carbocycles. The van der Waals surface area contributed by atoms with Gasteiger partial charge in [-0.15, -0.1) is 0 Å². The molecule has 2 aromatic rings. The third-order valence-electron chi connectivity index (χ3n) is 2.73. The predicted octanol–water partition coefficient (Wildman–Crippen LogP) is 0.624. The van der Waals surface area contributed by atoms with Crippen LogP contribution in [-0.2, 0) is 4.74 Å². The molecule has 4 heteroatoms. The average Bonchev–Trinajstić information content (AvgIpc) is 2.67. The van der Waals surface area contributed by atoms with Crippen molar-refractivity contribution in [3.05, 3.63) is 16.4 Å². The molecule has 13 heavy (non-hydrogen) atoms. The first kappa shape index (κ1) is 7.26. The van der Waals surface area contributed by atoms with E-state index < -0.39 is 0 Å². The van der Waals surface area contributed by atoms with Gasteiger partial charge in [0.25, 0.3) is 0 Å². The first-order valence-electron chi connectivity index (χ1n) is 4.58. The van der Waals surface area contributed by atoms with Crippen molar-refractivity contribution in [2.24, 2.45) is 0 Å². The van der Waals surface area contributed by atoms with Crippen LogP contribution < -0.4 is 5.43 Å². The number of fused-ring (bicyclic) bond motifs is 1. The van der Waals surface area contributed by atoms with Gasteiger partial charge < -0.3 is 4.74 Å². The molecule has 0 bridgehead atoms. The van der Waals surface area contributed by atoms with Gasteiger partial charge in [0, 0.05) is 13.2 Å². The molecule has 1 aromatic heterocycles. The maximum atomic E-state index is 11.1. The van der Waals surface area contributed by atoms with E-state index in [1.807, 2.05) is 4.68 Å². The SMILES string of the molecule is O=c1c2cnn(C3CCOCC3)c12. The van der Waals surface area contributed by atoms with Crippen LogP contribution in [0, 0.1) is 0 Å². The van der Waals surface area contributed by atoms with Crippen LogP contribution in [0.15, 0.2) is 11.0 Å². The topological polar surface area (TPSA) is 44.1 Å². The summed E-state index contributed by atoms with van der Waals surface area (Å²) in [7, 11) is 0. The predicted molar refractivity (Wildman–Crippen MR) is 47.5 cm³/mol. The Morgan fingerprint density at radius 2 is 2.23 bits per heavy atom. The second-order valence-electron chi connectivity index (χ2n) is 3.52. The molecule has 1 aliphatic heterocycles. The normalized spacial score (nSPS) is 20.3. The molecule has 3 rings (SSSR count). The number of ether oxygens (including phenoxy) is 1. The zero-order chi connectivity index (χ0) is 8.84. The van der Waals surface area contributed by atoms with Crippen molar-refractivity contribution in [3.8, 4) is 0 Å². The summed E-state index contributed by atoms with van der Waals surface area (Å²) in [6, 6.07) is 0.379. The number of hydrogen-bond donors (Lipinski definition) is 0. The van der Waals surface area contributed by atoms with E-state index in [9.17, 15) is 4.79 Å². The van der Waals surface area contributed by atoms with Gasteiger partial charge in [-0.3, -0.25) is 9.48 Å². The summed E-state index contributed by atoms with van der Waals surface area (Å²) < 4.78 is 7.13. The lowest BCUT2D eigenvalue weighted by Gasteiger charge is -2.22. The Morgan fingerprint density at radius 1 is 1.46 bits per heavy atom. The molecule has 2 heterocycles. The fraction of sp³-hybridized carbons (Fsp3) is 0.556. The number of hydrogen-bond acceptors (Lipinski definition) is 3. The summed E-state index contributed by atoms with van der Waals surface area (Å²) in [5, 5.41) is 5.01. The highest BCUT2D eigenvalue weighted by Crippen LogP contribution is 2.25. The van der Waals surface area contributed by atoms with Crippen LogP contribution in [0.25, 0.3) is 10.9 Å². The van der Waals surface area contributed by atoms with E-state index in [2.05, 4.69) is 5.10 Å². The molecule has 1 aliphatic rings.